The highest BCUT2D eigenvalue weighted by Crippen LogP contribution is 2.05. The van der Waals surface area contributed by atoms with Crippen LogP contribution in [-0.2, 0) is 19.1 Å². The Morgan fingerprint density at radius 3 is 2.24 bits per heavy atom. The SMILES string of the molecule is COC(=O)CN(C(=O)CCCC(=O)O)C(C)C. The zero-order valence-electron chi connectivity index (χ0n) is 10.4. The van der Waals surface area contributed by atoms with Gasteiger partial charge in [0.1, 0.15) is 6.54 Å². The highest BCUT2D eigenvalue weighted by molar-refractivity contribution is 5.82. The lowest BCUT2D eigenvalue weighted by Gasteiger charge is -2.25. The van der Waals surface area contributed by atoms with Gasteiger partial charge in [-0.1, -0.05) is 0 Å². The molecule has 0 heterocycles. The van der Waals surface area contributed by atoms with Gasteiger partial charge >= 0.3 is 11.9 Å². The zero-order valence-corrected chi connectivity index (χ0v) is 10.4. The predicted molar refractivity (Wildman–Crippen MR) is 60.4 cm³/mol. The summed E-state index contributed by atoms with van der Waals surface area (Å²) < 4.78 is 4.50. The number of carbonyl (C=O) groups is 3. The van der Waals surface area contributed by atoms with E-state index in [1.165, 1.54) is 12.0 Å². The summed E-state index contributed by atoms with van der Waals surface area (Å²) in [6.07, 6.45) is 0.357. The molecule has 0 atom stereocenters. The number of carboxylic acid groups (broad SMARTS) is 1. The first kappa shape index (κ1) is 15.4. The molecule has 0 saturated carbocycles. The molecule has 0 saturated heterocycles. The Hall–Kier alpha value is -1.59. The fourth-order valence-electron chi connectivity index (χ4n) is 1.30. The van der Waals surface area contributed by atoms with Gasteiger partial charge in [0.15, 0.2) is 0 Å². The summed E-state index contributed by atoms with van der Waals surface area (Å²) in [6.45, 7) is 3.48. The lowest BCUT2D eigenvalue weighted by molar-refractivity contribution is -0.148. The monoisotopic (exact) mass is 245 g/mol. The second-order valence-corrected chi connectivity index (χ2v) is 3.94. The van der Waals surface area contributed by atoms with Crippen molar-refractivity contribution in [3.63, 3.8) is 0 Å². The van der Waals surface area contributed by atoms with Gasteiger partial charge in [0.05, 0.1) is 7.11 Å². The number of hydrogen-bond acceptors (Lipinski definition) is 4. The smallest absolute Gasteiger partial charge is 0.325 e. The van der Waals surface area contributed by atoms with Crippen molar-refractivity contribution < 1.29 is 24.2 Å². The number of amides is 1. The molecule has 0 unspecified atom stereocenters. The summed E-state index contributed by atoms with van der Waals surface area (Å²) >= 11 is 0. The Bertz CT molecular complexity index is 288. The number of carboxylic acids is 1. The summed E-state index contributed by atoms with van der Waals surface area (Å²) in [4.78, 5) is 34.5. The van der Waals surface area contributed by atoms with Crippen LogP contribution >= 0.6 is 0 Å². The summed E-state index contributed by atoms with van der Waals surface area (Å²) in [7, 11) is 1.26. The number of rotatable bonds is 7. The molecule has 6 nitrogen and oxygen atoms in total. The van der Waals surface area contributed by atoms with Gasteiger partial charge in [0.2, 0.25) is 5.91 Å². The minimum absolute atomic E-state index is 0.0457. The average Bonchev–Trinajstić information content (AvgIpc) is 2.24. The number of nitrogens with zero attached hydrogens (tertiary/aromatic N) is 1. The molecule has 0 aliphatic carbocycles. The van der Waals surface area contributed by atoms with E-state index < -0.39 is 11.9 Å². The first-order chi connectivity index (χ1) is 7.88. The Kier molecular flexibility index (Phi) is 6.93. The number of aliphatic carboxylic acids is 1. The Balaban J connectivity index is 4.25. The maximum absolute atomic E-state index is 11.7. The molecule has 1 N–H and O–H groups in total. The van der Waals surface area contributed by atoms with E-state index in [1.807, 2.05) is 0 Å². The van der Waals surface area contributed by atoms with Gasteiger partial charge in [-0.15, -0.1) is 0 Å². The Labute approximate surface area is 101 Å². The van der Waals surface area contributed by atoms with Crippen LogP contribution in [0, 0.1) is 0 Å². The predicted octanol–water partition coefficient (Wildman–Crippen LogP) is 0.651. The molecule has 0 radical (unpaired) electrons. The third kappa shape index (κ3) is 6.55. The van der Waals surface area contributed by atoms with Gasteiger partial charge < -0.3 is 14.7 Å². The first-order valence-corrected chi connectivity index (χ1v) is 5.46. The minimum atomic E-state index is -0.929. The highest BCUT2D eigenvalue weighted by atomic mass is 16.5. The largest absolute Gasteiger partial charge is 0.481 e. The normalized spacial score (nSPS) is 10.1. The summed E-state index contributed by atoms with van der Waals surface area (Å²) in [5.41, 5.74) is 0. The second-order valence-electron chi connectivity index (χ2n) is 3.94. The number of ether oxygens (including phenoxy) is 1. The Morgan fingerprint density at radius 2 is 1.82 bits per heavy atom. The van der Waals surface area contributed by atoms with Crippen molar-refractivity contribution in [2.45, 2.75) is 39.2 Å². The van der Waals surface area contributed by atoms with Crippen LogP contribution in [0.15, 0.2) is 0 Å². The maximum Gasteiger partial charge on any atom is 0.325 e. The van der Waals surface area contributed by atoms with Crippen LogP contribution in [0.4, 0.5) is 0 Å². The number of methoxy groups -OCH3 is 1. The Morgan fingerprint density at radius 1 is 1.24 bits per heavy atom. The van der Waals surface area contributed by atoms with Gasteiger partial charge in [-0.25, -0.2) is 0 Å². The van der Waals surface area contributed by atoms with Crippen LogP contribution in [0.25, 0.3) is 0 Å². The molecular weight excluding hydrogens is 226 g/mol. The topological polar surface area (TPSA) is 83.9 Å². The molecule has 6 heteroatoms. The molecule has 0 fully saturated rings. The molecule has 0 aromatic rings. The van der Waals surface area contributed by atoms with E-state index in [1.54, 1.807) is 13.8 Å². The average molecular weight is 245 g/mol. The van der Waals surface area contributed by atoms with Crippen molar-refractivity contribution in [3.05, 3.63) is 0 Å². The van der Waals surface area contributed by atoms with Crippen LogP contribution in [-0.4, -0.2) is 47.5 Å². The molecule has 98 valence electrons. The second kappa shape index (κ2) is 7.65. The van der Waals surface area contributed by atoms with Crippen LogP contribution in [0.3, 0.4) is 0 Å². The molecule has 0 aliphatic heterocycles. The van der Waals surface area contributed by atoms with Gasteiger partial charge in [-0.2, -0.15) is 0 Å². The quantitative estimate of drug-likeness (QED) is 0.666. The van der Waals surface area contributed by atoms with E-state index in [4.69, 9.17) is 5.11 Å². The van der Waals surface area contributed by atoms with Crippen LogP contribution in [0.2, 0.25) is 0 Å². The summed E-state index contributed by atoms with van der Waals surface area (Å²) in [5.74, 6) is -1.64. The third-order valence-electron chi connectivity index (χ3n) is 2.25. The van der Waals surface area contributed by atoms with Crippen molar-refractivity contribution in [2.75, 3.05) is 13.7 Å². The van der Waals surface area contributed by atoms with E-state index in [0.29, 0.717) is 0 Å². The molecule has 0 bridgehead atoms. The zero-order chi connectivity index (χ0) is 13.4. The lowest BCUT2D eigenvalue weighted by Crippen LogP contribution is -2.41. The molecular formula is C11H19NO5. The van der Waals surface area contributed by atoms with Crippen molar-refractivity contribution >= 4 is 17.8 Å². The van der Waals surface area contributed by atoms with E-state index in [0.717, 1.165) is 0 Å². The van der Waals surface area contributed by atoms with Crippen LogP contribution in [0.5, 0.6) is 0 Å². The molecule has 0 aliphatic rings. The van der Waals surface area contributed by atoms with Crippen molar-refractivity contribution in [1.82, 2.24) is 4.90 Å². The van der Waals surface area contributed by atoms with Crippen LogP contribution in [0.1, 0.15) is 33.1 Å². The van der Waals surface area contributed by atoms with E-state index in [9.17, 15) is 14.4 Å². The number of carbonyl (C=O) groups excluding carboxylic acids is 2. The van der Waals surface area contributed by atoms with E-state index in [-0.39, 0.29) is 37.8 Å². The van der Waals surface area contributed by atoms with E-state index in [2.05, 4.69) is 4.74 Å². The maximum atomic E-state index is 11.7. The molecule has 1 amide bonds. The lowest BCUT2D eigenvalue weighted by atomic mass is 10.2. The number of esters is 1. The van der Waals surface area contributed by atoms with Crippen LogP contribution < -0.4 is 0 Å². The fourth-order valence-corrected chi connectivity index (χ4v) is 1.30. The number of hydrogen-bond donors (Lipinski definition) is 1. The fraction of sp³-hybridized carbons (Fsp3) is 0.727. The highest BCUT2D eigenvalue weighted by Gasteiger charge is 2.20. The van der Waals surface area contributed by atoms with Gasteiger partial charge in [0, 0.05) is 18.9 Å². The molecule has 0 rings (SSSR count). The molecule has 0 aromatic heterocycles. The molecule has 0 spiro atoms. The van der Waals surface area contributed by atoms with Gasteiger partial charge in [-0.05, 0) is 20.3 Å². The van der Waals surface area contributed by atoms with E-state index >= 15 is 0 Å². The molecule has 0 aromatic carbocycles. The third-order valence-corrected chi connectivity index (χ3v) is 2.25. The first-order valence-electron chi connectivity index (χ1n) is 5.46. The molecule has 17 heavy (non-hydrogen) atoms. The summed E-state index contributed by atoms with van der Waals surface area (Å²) in [6, 6.07) is -0.119. The standard InChI is InChI=1S/C11H19NO5/c1-8(2)12(7-11(16)17-3)9(13)5-4-6-10(14)15/h8H,4-7H2,1-3H3,(H,14,15). The van der Waals surface area contributed by atoms with Crippen molar-refractivity contribution in [3.8, 4) is 0 Å². The van der Waals surface area contributed by atoms with Gasteiger partial charge in [0.25, 0.3) is 0 Å². The summed E-state index contributed by atoms with van der Waals surface area (Å²) in [5, 5.41) is 8.46. The minimum Gasteiger partial charge on any atom is -0.481 e. The van der Waals surface area contributed by atoms with Gasteiger partial charge in [-0.3, -0.25) is 14.4 Å². The van der Waals surface area contributed by atoms with Crippen molar-refractivity contribution in [2.24, 2.45) is 0 Å². The van der Waals surface area contributed by atoms with Crippen molar-refractivity contribution in [1.29, 1.82) is 0 Å².